The summed E-state index contributed by atoms with van der Waals surface area (Å²) in [4.78, 5) is 12.7. The minimum atomic E-state index is -3.96. The fourth-order valence-corrected chi connectivity index (χ4v) is 4.22. The number of benzene rings is 1. The van der Waals surface area contributed by atoms with E-state index in [0.29, 0.717) is 21.3 Å². The van der Waals surface area contributed by atoms with Gasteiger partial charge in [-0.25, -0.2) is 0 Å². The Bertz CT molecular complexity index is 872. The molecule has 0 bridgehead atoms. The number of fused-ring (bicyclic) bond motifs is 1. The predicted molar refractivity (Wildman–Crippen MR) is 88.5 cm³/mol. The highest BCUT2D eigenvalue weighted by Crippen LogP contribution is 2.33. The molecule has 1 aliphatic rings. The van der Waals surface area contributed by atoms with E-state index in [9.17, 15) is 13.2 Å². The standard InChI is InChI=1S/C13H10ClN3O3S2/c1-17-10-6-7-21-12(10)11(18)13(22(17,19)20)16-15-9-4-2-8(14)3-5-9/h2-7,15H,1H3/b16-13-. The molecule has 0 fully saturated rings. The van der Waals surface area contributed by atoms with Gasteiger partial charge in [0, 0.05) is 12.1 Å². The van der Waals surface area contributed by atoms with Crippen LogP contribution >= 0.6 is 22.9 Å². The van der Waals surface area contributed by atoms with Crippen LogP contribution in [0.4, 0.5) is 11.4 Å². The summed E-state index contributed by atoms with van der Waals surface area (Å²) in [7, 11) is -2.57. The topological polar surface area (TPSA) is 78.8 Å². The van der Waals surface area contributed by atoms with Gasteiger partial charge in [-0.1, -0.05) is 11.6 Å². The maximum Gasteiger partial charge on any atom is 0.287 e. The van der Waals surface area contributed by atoms with E-state index in [-0.39, 0.29) is 0 Å². The zero-order valence-electron chi connectivity index (χ0n) is 11.3. The third-order valence-electron chi connectivity index (χ3n) is 3.12. The molecule has 0 unspecified atom stereocenters. The highest BCUT2D eigenvalue weighted by Gasteiger charge is 2.41. The molecule has 9 heteroatoms. The molecule has 1 N–H and O–H groups in total. The van der Waals surface area contributed by atoms with E-state index in [1.807, 2.05) is 0 Å². The zero-order chi connectivity index (χ0) is 15.9. The molecule has 0 spiro atoms. The van der Waals surface area contributed by atoms with Crippen LogP contribution in [0.5, 0.6) is 0 Å². The molecule has 3 rings (SSSR count). The van der Waals surface area contributed by atoms with Gasteiger partial charge in [-0.15, -0.1) is 11.3 Å². The van der Waals surface area contributed by atoms with Crippen LogP contribution in [-0.2, 0) is 10.0 Å². The van der Waals surface area contributed by atoms with Crippen LogP contribution in [0.2, 0.25) is 5.02 Å². The molecule has 1 aromatic heterocycles. The second-order valence-corrected chi connectivity index (χ2v) is 7.71. The molecule has 22 heavy (non-hydrogen) atoms. The van der Waals surface area contributed by atoms with Crippen molar-refractivity contribution in [3.63, 3.8) is 0 Å². The molecule has 2 heterocycles. The summed E-state index contributed by atoms with van der Waals surface area (Å²) < 4.78 is 25.8. The lowest BCUT2D eigenvalue weighted by molar-refractivity contribution is 0.107. The number of halogens is 1. The monoisotopic (exact) mass is 355 g/mol. The number of nitrogens with zero attached hydrogens (tertiary/aromatic N) is 2. The summed E-state index contributed by atoms with van der Waals surface area (Å²) >= 11 is 6.96. The Kier molecular flexibility index (Phi) is 3.67. The van der Waals surface area contributed by atoms with Crippen molar-refractivity contribution < 1.29 is 13.2 Å². The maximum atomic E-state index is 12.4. The first-order chi connectivity index (χ1) is 10.4. The number of hydrogen-bond acceptors (Lipinski definition) is 6. The van der Waals surface area contributed by atoms with Gasteiger partial charge >= 0.3 is 0 Å². The normalized spacial score (nSPS) is 18.4. The lowest BCUT2D eigenvalue weighted by Crippen LogP contribution is -2.42. The van der Waals surface area contributed by atoms with Gasteiger partial charge in [0.05, 0.1) is 11.4 Å². The molecule has 1 aromatic carbocycles. The Morgan fingerprint density at radius 3 is 2.59 bits per heavy atom. The van der Waals surface area contributed by atoms with Crippen molar-refractivity contribution >= 4 is 55.2 Å². The minimum Gasteiger partial charge on any atom is -0.285 e. The first-order valence-electron chi connectivity index (χ1n) is 6.11. The van der Waals surface area contributed by atoms with Crippen LogP contribution in [-0.4, -0.2) is 26.3 Å². The number of anilines is 2. The number of thiophene rings is 1. The summed E-state index contributed by atoms with van der Waals surface area (Å²) in [6, 6.07) is 8.12. The average Bonchev–Trinajstić information content (AvgIpc) is 2.96. The van der Waals surface area contributed by atoms with Crippen LogP contribution in [0.25, 0.3) is 0 Å². The van der Waals surface area contributed by atoms with E-state index in [2.05, 4.69) is 10.5 Å². The van der Waals surface area contributed by atoms with Crippen molar-refractivity contribution in [2.75, 3.05) is 16.8 Å². The number of sulfonamides is 1. The molecule has 2 aromatic rings. The summed E-state index contributed by atoms with van der Waals surface area (Å²) in [5, 5.41) is 5.48. The zero-order valence-corrected chi connectivity index (χ0v) is 13.7. The van der Waals surface area contributed by atoms with Crippen molar-refractivity contribution in [2.24, 2.45) is 5.10 Å². The van der Waals surface area contributed by atoms with Crippen LogP contribution < -0.4 is 9.73 Å². The summed E-state index contributed by atoms with van der Waals surface area (Å²) in [5.74, 6) is -0.607. The molecule has 0 amide bonds. The maximum absolute atomic E-state index is 12.4. The molecular weight excluding hydrogens is 346 g/mol. The van der Waals surface area contributed by atoms with E-state index in [1.165, 1.54) is 18.4 Å². The molecule has 0 radical (unpaired) electrons. The molecule has 114 valence electrons. The fraction of sp³-hybridized carbons (Fsp3) is 0.0769. The van der Waals surface area contributed by atoms with Crippen molar-refractivity contribution in [3.8, 4) is 0 Å². The lowest BCUT2D eigenvalue weighted by Gasteiger charge is -2.24. The lowest BCUT2D eigenvalue weighted by atomic mass is 10.3. The van der Waals surface area contributed by atoms with Crippen LogP contribution in [0.1, 0.15) is 9.67 Å². The number of nitrogens with one attached hydrogen (secondary N) is 1. The Morgan fingerprint density at radius 1 is 1.23 bits per heavy atom. The van der Waals surface area contributed by atoms with Gasteiger partial charge in [0.2, 0.25) is 10.8 Å². The SMILES string of the molecule is CN1c2ccsc2C(=O)/C(=N/Nc2ccc(Cl)cc2)S1(=O)=O. The third-order valence-corrected chi connectivity index (χ3v) is 5.96. The van der Waals surface area contributed by atoms with E-state index in [4.69, 9.17) is 11.6 Å². The number of hydrazone groups is 1. The predicted octanol–water partition coefficient (Wildman–Crippen LogP) is 2.79. The first-order valence-corrected chi connectivity index (χ1v) is 8.81. The molecule has 0 atom stereocenters. The summed E-state index contributed by atoms with van der Waals surface area (Å²) in [6.45, 7) is 0. The van der Waals surface area contributed by atoms with Crippen LogP contribution in [0.3, 0.4) is 0 Å². The number of hydrogen-bond donors (Lipinski definition) is 1. The highest BCUT2D eigenvalue weighted by molar-refractivity contribution is 8.09. The fourth-order valence-electron chi connectivity index (χ4n) is 1.94. The van der Waals surface area contributed by atoms with Crippen molar-refractivity contribution in [1.29, 1.82) is 0 Å². The van der Waals surface area contributed by atoms with Gasteiger partial charge in [0.1, 0.15) is 4.88 Å². The average molecular weight is 356 g/mol. The minimum absolute atomic E-state index is 0.356. The number of Topliss-reactive ketones (excluding diaryl/α,β-unsaturated/α-hetero) is 1. The van der Waals surface area contributed by atoms with E-state index >= 15 is 0 Å². The smallest absolute Gasteiger partial charge is 0.285 e. The molecule has 0 aliphatic carbocycles. The van der Waals surface area contributed by atoms with E-state index in [0.717, 1.165) is 4.31 Å². The quantitative estimate of drug-likeness (QED) is 0.840. The van der Waals surface area contributed by atoms with Gasteiger partial charge in [0.25, 0.3) is 10.0 Å². The van der Waals surface area contributed by atoms with E-state index < -0.39 is 20.9 Å². The van der Waals surface area contributed by atoms with Gasteiger partial charge in [0.15, 0.2) is 0 Å². The molecule has 0 saturated heterocycles. The second kappa shape index (κ2) is 5.38. The number of carbonyl (C=O) groups is 1. The van der Waals surface area contributed by atoms with Gasteiger partial charge in [-0.2, -0.15) is 13.5 Å². The Morgan fingerprint density at radius 2 is 1.91 bits per heavy atom. The highest BCUT2D eigenvalue weighted by atomic mass is 35.5. The van der Waals surface area contributed by atoms with Crippen LogP contribution in [0.15, 0.2) is 40.8 Å². The number of rotatable bonds is 2. The van der Waals surface area contributed by atoms with E-state index in [1.54, 1.807) is 35.7 Å². The Balaban J connectivity index is 2.00. The molecule has 1 aliphatic heterocycles. The van der Waals surface area contributed by atoms with Gasteiger partial charge < -0.3 is 0 Å². The van der Waals surface area contributed by atoms with Gasteiger partial charge in [-0.3, -0.25) is 14.5 Å². The molecule has 6 nitrogen and oxygen atoms in total. The largest absolute Gasteiger partial charge is 0.287 e. The second-order valence-electron chi connectivity index (χ2n) is 4.47. The Labute approximate surface area is 136 Å². The van der Waals surface area contributed by atoms with Gasteiger partial charge in [-0.05, 0) is 35.7 Å². The first kappa shape index (κ1) is 15.0. The summed E-state index contributed by atoms with van der Waals surface area (Å²) in [5.41, 5.74) is 3.48. The number of ketones is 1. The molecular formula is C13H10ClN3O3S2. The number of carbonyl (C=O) groups excluding carboxylic acids is 1. The Hall–Kier alpha value is -1.90. The molecule has 0 saturated carbocycles. The third kappa shape index (κ3) is 2.39. The van der Waals surface area contributed by atoms with Crippen molar-refractivity contribution in [2.45, 2.75) is 0 Å². The summed E-state index contributed by atoms with van der Waals surface area (Å²) in [6.07, 6.45) is 0. The van der Waals surface area contributed by atoms with Crippen molar-refractivity contribution in [1.82, 2.24) is 0 Å². The van der Waals surface area contributed by atoms with Crippen LogP contribution in [0, 0.1) is 0 Å². The van der Waals surface area contributed by atoms with Crippen molar-refractivity contribution in [3.05, 3.63) is 45.6 Å².